The number of aliphatic carboxylic acids is 1. The van der Waals surface area contributed by atoms with Crippen molar-refractivity contribution in [3.63, 3.8) is 0 Å². The highest BCUT2D eigenvalue weighted by Crippen LogP contribution is 2.24. The lowest BCUT2D eigenvalue weighted by Gasteiger charge is -2.14. The van der Waals surface area contributed by atoms with Gasteiger partial charge in [-0.25, -0.2) is 14.5 Å². The molecule has 0 aromatic rings. The number of likely N-dealkylation sites (tertiary alicyclic amines) is 1. The van der Waals surface area contributed by atoms with Gasteiger partial charge in [-0.3, -0.25) is 4.79 Å². The SMILES string of the molecule is C[C@@H]1C[C@@H](C(=O)O)N(C(=O)O)C1=O. The summed E-state index contributed by atoms with van der Waals surface area (Å²) < 4.78 is 0. The second kappa shape index (κ2) is 3.04. The van der Waals surface area contributed by atoms with E-state index in [9.17, 15) is 14.4 Å². The quantitative estimate of drug-likeness (QED) is 0.601. The number of carboxylic acid groups (broad SMARTS) is 2. The Morgan fingerprint density at radius 3 is 2.31 bits per heavy atom. The largest absolute Gasteiger partial charge is 0.480 e. The summed E-state index contributed by atoms with van der Waals surface area (Å²) in [6.45, 7) is 1.52. The molecule has 0 spiro atoms. The first-order chi connectivity index (χ1) is 5.95. The molecule has 1 heterocycles. The number of carbonyl (C=O) groups excluding carboxylic acids is 1. The molecule has 6 nitrogen and oxygen atoms in total. The molecule has 1 aliphatic heterocycles. The number of rotatable bonds is 1. The van der Waals surface area contributed by atoms with Gasteiger partial charge in [0.1, 0.15) is 6.04 Å². The van der Waals surface area contributed by atoms with Crippen molar-refractivity contribution in [2.75, 3.05) is 0 Å². The molecule has 0 aliphatic carbocycles. The molecule has 1 saturated heterocycles. The monoisotopic (exact) mass is 187 g/mol. The minimum Gasteiger partial charge on any atom is -0.480 e. The molecule has 0 aromatic carbocycles. The Kier molecular flexibility index (Phi) is 2.22. The van der Waals surface area contributed by atoms with Crippen LogP contribution in [-0.2, 0) is 9.59 Å². The first kappa shape index (κ1) is 9.50. The highest BCUT2D eigenvalue weighted by atomic mass is 16.4. The fourth-order valence-electron chi connectivity index (χ4n) is 1.37. The fourth-order valence-corrected chi connectivity index (χ4v) is 1.37. The second-order valence-corrected chi connectivity index (χ2v) is 2.98. The zero-order valence-electron chi connectivity index (χ0n) is 6.93. The molecular formula is C7H9NO5. The lowest BCUT2D eigenvalue weighted by atomic mass is 10.1. The van der Waals surface area contributed by atoms with E-state index < -0.39 is 29.9 Å². The highest BCUT2D eigenvalue weighted by molar-refractivity contribution is 5.99. The van der Waals surface area contributed by atoms with Gasteiger partial charge in [0.2, 0.25) is 5.91 Å². The standard InChI is InChI=1S/C7H9NO5/c1-3-2-4(6(10)11)8(5(3)9)7(12)13/h3-4H,2H2,1H3,(H,10,11)(H,12,13)/t3-,4+/m1/s1. The third kappa shape index (κ3) is 1.47. The van der Waals surface area contributed by atoms with E-state index in [1.807, 2.05) is 0 Å². The lowest BCUT2D eigenvalue weighted by molar-refractivity contribution is -0.145. The van der Waals surface area contributed by atoms with Crippen molar-refractivity contribution < 1.29 is 24.6 Å². The van der Waals surface area contributed by atoms with Crippen LogP contribution in [0.15, 0.2) is 0 Å². The molecule has 1 aliphatic rings. The third-order valence-electron chi connectivity index (χ3n) is 2.04. The normalized spacial score (nSPS) is 27.8. The number of amides is 2. The van der Waals surface area contributed by atoms with E-state index in [1.165, 1.54) is 6.92 Å². The van der Waals surface area contributed by atoms with Crippen LogP contribution in [0.2, 0.25) is 0 Å². The summed E-state index contributed by atoms with van der Waals surface area (Å²) in [6, 6.07) is -1.22. The Morgan fingerprint density at radius 1 is 1.46 bits per heavy atom. The predicted octanol–water partition coefficient (Wildman–Crippen LogP) is -0.0140. The Morgan fingerprint density at radius 2 is 2.00 bits per heavy atom. The Labute approximate surface area is 73.8 Å². The molecule has 72 valence electrons. The van der Waals surface area contributed by atoms with Crippen LogP contribution >= 0.6 is 0 Å². The summed E-state index contributed by atoms with van der Waals surface area (Å²) in [4.78, 5) is 32.6. The minimum atomic E-state index is -1.50. The van der Waals surface area contributed by atoms with Gasteiger partial charge in [0.15, 0.2) is 0 Å². The molecule has 13 heavy (non-hydrogen) atoms. The first-order valence-corrected chi connectivity index (χ1v) is 3.74. The second-order valence-electron chi connectivity index (χ2n) is 2.98. The third-order valence-corrected chi connectivity index (χ3v) is 2.04. The molecule has 2 N–H and O–H groups in total. The van der Waals surface area contributed by atoms with E-state index in [0.29, 0.717) is 4.90 Å². The van der Waals surface area contributed by atoms with Crippen LogP contribution < -0.4 is 0 Å². The van der Waals surface area contributed by atoms with Crippen molar-refractivity contribution in [2.24, 2.45) is 5.92 Å². The molecule has 0 aromatic heterocycles. The van der Waals surface area contributed by atoms with Crippen molar-refractivity contribution in [3.05, 3.63) is 0 Å². The average molecular weight is 187 g/mol. The van der Waals surface area contributed by atoms with Crippen LogP contribution in [0.3, 0.4) is 0 Å². The van der Waals surface area contributed by atoms with Crippen LogP contribution in [0.5, 0.6) is 0 Å². The lowest BCUT2D eigenvalue weighted by Crippen LogP contribution is -2.42. The molecular weight excluding hydrogens is 178 g/mol. The van der Waals surface area contributed by atoms with E-state index >= 15 is 0 Å². The van der Waals surface area contributed by atoms with E-state index in [-0.39, 0.29) is 6.42 Å². The van der Waals surface area contributed by atoms with Gasteiger partial charge in [0.05, 0.1) is 0 Å². The maximum absolute atomic E-state index is 11.1. The predicted molar refractivity (Wildman–Crippen MR) is 40.1 cm³/mol. The summed E-state index contributed by atoms with van der Waals surface area (Å²) in [6.07, 6.45) is -1.44. The smallest absolute Gasteiger partial charge is 0.414 e. The molecule has 2 atom stereocenters. The summed E-state index contributed by atoms with van der Waals surface area (Å²) >= 11 is 0. The number of carbonyl (C=O) groups is 3. The zero-order chi connectivity index (χ0) is 10.2. The van der Waals surface area contributed by atoms with Gasteiger partial charge in [-0.15, -0.1) is 0 Å². The van der Waals surface area contributed by atoms with Gasteiger partial charge < -0.3 is 10.2 Å². The van der Waals surface area contributed by atoms with Crippen molar-refractivity contribution in [1.29, 1.82) is 0 Å². The van der Waals surface area contributed by atoms with Gasteiger partial charge in [-0.05, 0) is 6.42 Å². The maximum atomic E-state index is 11.1. The molecule has 2 amide bonds. The Hall–Kier alpha value is -1.59. The van der Waals surface area contributed by atoms with Gasteiger partial charge in [0.25, 0.3) is 0 Å². The van der Waals surface area contributed by atoms with Crippen LogP contribution in [-0.4, -0.2) is 39.1 Å². The molecule has 0 unspecified atom stereocenters. The fraction of sp³-hybridized carbons (Fsp3) is 0.571. The number of hydrogen-bond donors (Lipinski definition) is 2. The van der Waals surface area contributed by atoms with E-state index in [4.69, 9.17) is 10.2 Å². The van der Waals surface area contributed by atoms with E-state index in [1.54, 1.807) is 0 Å². The molecule has 0 saturated carbocycles. The van der Waals surface area contributed by atoms with E-state index in [0.717, 1.165) is 0 Å². The Balaban J connectivity index is 2.93. The average Bonchev–Trinajstić information content (AvgIpc) is 2.28. The molecule has 1 rings (SSSR count). The number of hydrogen-bond acceptors (Lipinski definition) is 3. The van der Waals surface area contributed by atoms with Gasteiger partial charge in [-0.1, -0.05) is 6.92 Å². The summed E-state index contributed by atoms with van der Waals surface area (Å²) in [5.74, 6) is -2.45. The van der Waals surface area contributed by atoms with Crippen molar-refractivity contribution >= 4 is 18.0 Å². The molecule has 0 radical (unpaired) electrons. The van der Waals surface area contributed by atoms with Crippen molar-refractivity contribution in [1.82, 2.24) is 4.90 Å². The molecule has 6 heteroatoms. The zero-order valence-corrected chi connectivity index (χ0v) is 6.93. The molecule has 0 bridgehead atoms. The minimum absolute atomic E-state index is 0.0560. The van der Waals surface area contributed by atoms with Crippen molar-refractivity contribution in [2.45, 2.75) is 19.4 Å². The van der Waals surface area contributed by atoms with Crippen LogP contribution in [0, 0.1) is 5.92 Å². The summed E-state index contributed by atoms with van der Waals surface area (Å²) in [7, 11) is 0. The number of imide groups is 1. The summed E-state index contributed by atoms with van der Waals surface area (Å²) in [5.41, 5.74) is 0. The summed E-state index contributed by atoms with van der Waals surface area (Å²) in [5, 5.41) is 17.2. The number of nitrogens with zero attached hydrogens (tertiary/aromatic N) is 1. The van der Waals surface area contributed by atoms with Crippen molar-refractivity contribution in [3.8, 4) is 0 Å². The Bertz CT molecular complexity index is 274. The van der Waals surface area contributed by atoms with Crippen LogP contribution in [0.1, 0.15) is 13.3 Å². The topological polar surface area (TPSA) is 94.9 Å². The van der Waals surface area contributed by atoms with Gasteiger partial charge in [0, 0.05) is 5.92 Å². The van der Waals surface area contributed by atoms with Crippen LogP contribution in [0.4, 0.5) is 4.79 Å². The first-order valence-electron chi connectivity index (χ1n) is 3.74. The van der Waals surface area contributed by atoms with Gasteiger partial charge in [-0.2, -0.15) is 0 Å². The van der Waals surface area contributed by atoms with Gasteiger partial charge >= 0.3 is 12.1 Å². The number of carboxylic acids is 1. The molecule has 1 fully saturated rings. The maximum Gasteiger partial charge on any atom is 0.414 e. The highest BCUT2D eigenvalue weighted by Gasteiger charge is 2.44. The van der Waals surface area contributed by atoms with Crippen LogP contribution in [0.25, 0.3) is 0 Å². The van der Waals surface area contributed by atoms with E-state index in [2.05, 4.69) is 0 Å².